The van der Waals surface area contributed by atoms with Crippen LogP contribution in [0.5, 0.6) is 0 Å². The van der Waals surface area contributed by atoms with Crippen LogP contribution in [0.1, 0.15) is 60.9 Å². The molecule has 0 radical (unpaired) electrons. The molecular weight excluding hydrogens is 502 g/mol. The van der Waals surface area contributed by atoms with Gasteiger partial charge in [0.05, 0.1) is 0 Å². The maximum absolute atomic E-state index is 13.7. The van der Waals surface area contributed by atoms with E-state index >= 15 is 0 Å². The summed E-state index contributed by atoms with van der Waals surface area (Å²) in [7, 11) is 0. The number of imide groups is 1. The number of nitroso groups, excluding NO2 is 1. The highest BCUT2D eigenvalue weighted by molar-refractivity contribution is 6.36. The third-order valence-corrected chi connectivity index (χ3v) is 7.42. The summed E-state index contributed by atoms with van der Waals surface area (Å²) in [6.07, 6.45) is 0. The predicted octanol–water partition coefficient (Wildman–Crippen LogP) is 7.03. The molecule has 204 valence electrons. The topological polar surface area (TPSA) is 95.9 Å². The van der Waals surface area contributed by atoms with E-state index in [1.807, 2.05) is 76.2 Å². The molecular formula is C33H33N3O4. The highest BCUT2D eigenvalue weighted by atomic mass is 16.3. The van der Waals surface area contributed by atoms with Gasteiger partial charge in [0.2, 0.25) is 5.91 Å². The van der Waals surface area contributed by atoms with Crippen LogP contribution in [0.2, 0.25) is 0 Å². The summed E-state index contributed by atoms with van der Waals surface area (Å²) in [5.74, 6) is -0.358. The minimum absolute atomic E-state index is 0.0497. The van der Waals surface area contributed by atoms with Crippen LogP contribution in [-0.2, 0) is 11.3 Å². The fourth-order valence-corrected chi connectivity index (χ4v) is 5.71. The van der Waals surface area contributed by atoms with Gasteiger partial charge in [-0.2, -0.15) is 4.91 Å². The zero-order valence-corrected chi connectivity index (χ0v) is 23.5. The molecule has 40 heavy (non-hydrogen) atoms. The predicted molar refractivity (Wildman–Crippen MR) is 161 cm³/mol. The number of benzene rings is 5. The quantitative estimate of drug-likeness (QED) is 0.131. The Bertz CT molecular complexity index is 1780. The Morgan fingerprint density at radius 2 is 1.35 bits per heavy atom. The molecule has 0 unspecified atom stereocenters. The Labute approximate surface area is 232 Å². The molecule has 5 aromatic carbocycles. The Balaban J connectivity index is 1.83. The van der Waals surface area contributed by atoms with Crippen molar-refractivity contribution >= 4 is 60.8 Å². The number of carbonyl (C=O) groups excluding carboxylic acids is 3. The molecule has 0 bridgehead atoms. The van der Waals surface area contributed by atoms with Crippen LogP contribution in [0.4, 0.5) is 0 Å². The molecule has 0 atom stereocenters. The average Bonchev–Trinajstić information content (AvgIpc) is 2.92. The van der Waals surface area contributed by atoms with Crippen molar-refractivity contribution in [3.8, 4) is 0 Å². The van der Waals surface area contributed by atoms with Gasteiger partial charge in [-0.15, -0.1) is 0 Å². The fourth-order valence-electron chi connectivity index (χ4n) is 5.71. The van der Waals surface area contributed by atoms with Gasteiger partial charge in [-0.25, -0.2) is 0 Å². The summed E-state index contributed by atoms with van der Waals surface area (Å²) in [6, 6.07) is 17.1. The Kier molecular flexibility index (Phi) is 7.23. The van der Waals surface area contributed by atoms with E-state index in [1.54, 1.807) is 6.07 Å². The van der Waals surface area contributed by atoms with Crippen LogP contribution in [0.25, 0.3) is 43.1 Å². The van der Waals surface area contributed by atoms with E-state index in [-0.39, 0.29) is 30.2 Å². The maximum Gasteiger partial charge on any atom is 0.261 e. The van der Waals surface area contributed by atoms with Crippen LogP contribution in [0, 0.1) is 16.7 Å². The number of hydrogen-bond donors (Lipinski definition) is 1. The third-order valence-electron chi connectivity index (χ3n) is 7.42. The molecule has 0 aromatic heterocycles. The van der Waals surface area contributed by atoms with Gasteiger partial charge in [-0.05, 0) is 67.2 Å². The zero-order chi connectivity index (χ0) is 28.7. The molecule has 5 aromatic rings. The molecule has 0 heterocycles. The lowest BCUT2D eigenvalue weighted by Crippen LogP contribution is -2.38. The molecule has 0 fully saturated rings. The second-order valence-corrected chi connectivity index (χ2v) is 11.3. The van der Waals surface area contributed by atoms with E-state index in [9.17, 15) is 19.3 Å². The molecule has 3 amide bonds. The summed E-state index contributed by atoms with van der Waals surface area (Å²) in [5.41, 5.74) is 1.68. The first-order valence-corrected chi connectivity index (χ1v) is 13.7. The summed E-state index contributed by atoms with van der Waals surface area (Å²) in [5, 5.41) is 13.2. The van der Waals surface area contributed by atoms with Crippen molar-refractivity contribution in [3.63, 3.8) is 0 Å². The highest BCUT2D eigenvalue weighted by Crippen LogP contribution is 2.43. The van der Waals surface area contributed by atoms with E-state index in [1.165, 1.54) is 11.8 Å². The zero-order valence-electron chi connectivity index (χ0n) is 23.5. The normalized spacial score (nSPS) is 11.8. The van der Waals surface area contributed by atoms with Crippen LogP contribution in [0.3, 0.4) is 0 Å². The van der Waals surface area contributed by atoms with Crippen LogP contribution in [-0.4, -0.2) is 35.7 Å². The fraction of sp³-hybridized carbons (Fsp3) is 0.303. The number of fused-ring (bicyclic) bond motifs is 2. The minimum atomic E-state index is -0.314. The van der Waals surface area contributed by atoms with Gasteiger partial charge in [0.25, 0.3) is 11.8 Å². The Morgan fingerprint density at radius 1 is 0.750 bits per heavy atom. The largest absolute Gasteiger partial charge is 0.352 e. The molecule has 7 heteroatoms. The molecule has 7 nitrogen and oxygen atoms in total. The number of carbonyl (C=O) groups is 3. The van der Waals surface area contributed by atoms with Gasteiger partial charge in [-0.1, -0.05) is 75.3 Å². The van der Waals surface area contributed by atoms with E-state index in [0.29, 0.717) is 35.7 Å². The Hall–Kier alpha value is -4.39. The molecule has 0 aliphatic heterocycles. The van der Waals surface area contributed by atoms with Crippen molar-refractivity contribution in [3.05, 3.63) is 76.2 Å². The lowest BCUT2D eigenvalue weighted by atomic mass is 9.85. The first kappa shape index (κ1) is 27.2. The number of nitrogens with zero attached hydrogens (tertiary/aromatic N) is 2. The first-order chi connectivity index (χ1) is 19.1. The molecule has 0 spiro atoms. The van der Waals surface area contributed by atoms with E-state index in [4.69, 9.17) is 0 Å². The van der Waals surface area contributed by atoms with Gasteiger partial charge in [0.15, 0.2) is 0 Å². The summed E-state index contributed by atoms with van der Waals surface area (Å²) in [4.78, 5) is 52.1. The minimum Gasteiger partial charge on any atom is -0.352 e. The smallest absolute Gasteiger partial charge is 0.261 e. The van der Waals surface area contributed by atoms with Gasteiger partial charge in [0.1, 0.15) is 6.54 Å². The number of nitrogens with one attached hydrogen (secondary N) is 1. The van der Waals surface area contributed by atoms with Gasteiger partial charge in [-0.3, -0.25) is 19.3 Å². The second kappa shape index (κ2) is 10.6. The highest BCUT2D eigenvalue weighted by Gasteiger charge is 2.25. The van der Waals surface area contributed by atoms with Gasteiger partial charge in [0, 0.05) is 36.5 Å². The van der Waals surface area contributed by atoms with Crippen molar-refractivity contribution in [1.29, 1.82) is 0 Å². The van der Waals surface area contributed by atoms with Crippen molar-refractivity contribution in [2.75, 3.05) is 13.1 Å². The van der Waals surface area contributed by atoms with Crippen LogP contribution < -0.4 is 5.32 Å². The van der Waals surface area contributed by atoms with E-state index in [0.717, 1.165) is 43.1 Å². The van der Waals surface area contributed by atoms with Crippen molar-refractivity contribution in [2.24, 2.45) is 17.0 Å². The standard InChI is InChI=1S/C33H33N3O4/c1-18(2)15-34-32(38)28-14-12-26-22-7-6-8-23-27(33(39)36(20(5)37)17-19(3)4)13-11-24(30(22)23)25-10-9-21(16-35-40)29(28)31(25)26/h6-14,18-19H,15-17H2,1-5H3,(H,34,38). The number of amides is 3. The van der Waals surface area contributed by atoms with Crippen molar-refractivity contribution in [2.45, 2.75) is 41.2 Å². The van der Waals surface area contributed by atoms with Crippen molar-refractivity contribution < 1.29 is 14.4 Å². The second-order valence-electron chi connectivity index (χ2n) is 11.3. The molecule has 0 aliphatic carbocycles. The maximum atomic E-state index is 13.7. The van der Waals surface area contributed by atoms with Crippen LogP contribution >= 0.6 is 0 Å². The summed E-state index contributed by atoms with van der Waals surface area (Å²) in [6.45, 7) is 10.3. The van der Waals surface area contributed by atoms with Crippen LogP contribution in [0.15, 0.2) is 59.8 Å². The number of rotatable bonds is 8. The lowest BCUT2D eigenvalue weighted by Gasteiger charge is -2.23. The number of hydrogen-bond acceptors (Lipinski definition) is 5. The molecule has 0 saturated carbocycles. The first-order valence-electron chi connectivity index (χ1n) is 13.7. The molecule has 0 saturated heterocycles. The van der Waals surface area contributed by atoms with E-state index < -0.39 is 0 Å². The average molecular weight is 536 g/mol. The van der Waals surface area contributed by atoms with Gasteiger partial charge < -0.3 is 5.32 Å². The molecule has 5 rings (SSSR count). The summed E-state index contributed by atoms with van der Waals surface area (Å²) < 4.78 is 0. The van der Waals surface area contributed by atoms with E-state index in [2.05, 4.69) is 10.5 Å². The lowest BCUT2D eigenvalue weighted by molar-refractivity contribution is -0.126. The molecule has 0 aliphatic rings. The van der Waals surface area contributed by atoms with Crippen molar-refractivity contribution in [1.82, 2.24) is 10.2 Å². The third kappa shape index (κ3) is 4.55. The Morgan fingerprint density at radius 3 is 1.98 bits per heavy atom. The monoisotopic (exact) mass is 535 g/mol. The van der Waals surface area contributed by atoms with Gasteiger partial charge >= 0.3 is 0 Å². The SMILES string of the molecule is CC(=O)N(CC(C)C)C(=O)c1ccc2c3ccc(CN=O)c4c(C(=O)NCC(C)C)ccc(c5cccc1c25)c43. The summed E-state index contributed by atoms with van der Waals surface area (Å²) >= 11 is 0. The molecule has 1 N–H and O–H groups in total.